The average molecular weight is 289 g/mol. The fourth-order valence-corrected chi connectivity index (χ4v) is 2.28. The molecule has 0 aliphatic carbocycles. The van der Waals surface area contributed by atoms with Gasteiger partial charge in [-0.3, -0.25) is 4.90 Å². The number of hydrogen-bond donors (Lipinski definition) is 2. The van der Waals surface area contributed by atoms with E-state index in [4.69, 9.17) is 5.11 Å². The highest BCUT2D eigenvalue weighted by Crippen LogP contribution is 2.16. The number of halogens is 1. The van der Waals surface area contributed by atoms with Gasteiger partial charge in [0.2, 0.25) is 0 Å². The molecule has 2 N–H and O–H groups in total. The van der Waals surface area contributed by atoms with Gasteiger partial charge in [-0.15, -0.1) is 0 Å². The number of nitrogens with zero attached hydrogens (tertiary/aromatic N) is 1. The van der Waals surface area contributed by atoms with Gasteiger partial charge in [-0.1, -0.05) is 42.5 Å². The number of benzene rings is 2. The third kappa shape index (κ3) is 4.93. The lowest BCUT2D eigenvalue weighted by Crippen LogP contribution is -2.31. The summed E-state index contributed by atoms with van der Waals surface area (Å²) >= 11 is 0. The van der Waals surface area contributed by atoms with E-state index in [0.717, 1.165) is 5.56 Å². The van der Waals surface area contributed by atoms with Crippen LogP contribution in [0.3, 0.4) is 0 Å². The molecule has 0 saturated carbocycles. The van der Waals surface area contributed by atoms with Crippen molar-refractivity contribution in [3.05, 3.63) is 71.5 Å². The van der Waals surface area contributed by atoms with Gasteiger partial charge in [0, 0.05) is 19.6 Å². The molecule has 0 aliphatic rings. The minimum absolute atomic E-state index is 0.0166. The molecular formula is C17H20FNO2. The number of aliphatic hydroxyl groups excluding tert-OH is 2. The maximum absolute atomic E-state index is 13.2. The Labute approximate surface area is 124 Å². The van der Waals surface area contributed by atoms with Crippen molar-refractivity contribution in [3.8, 4) is 0 Å². The molecule has 0 aliphatic heterocycles. The average Bonchev–Trinajstić information content (AvgIpc) is 2.48. The summed E-state index contributed by atoms with van der Waals surface area (Å²) < 4.78 is 13.2. The lowest BCUT2D eigenvalue weighted by molar-refractivity contribution is 0.0954. The second kappa shape index (κ2) is 7.88. The summed E-state index contributed by atoms with van der Waals surface area (Å²) in [5.41, 5.74) is 1.66. The van der Waals surface area contributed by atoms with E-state index >= 15 is 0 Å². The van der Waals surface area contributed by atoms with Crippen LogP contribution in [0.1, 0.15) is 17.2 Å². The molecule has 2 aromatic carbocycles. The summed E-state index contributed by atoms with van der Waals surface area (Å²) in [7, 11) is 0. The van der Waals surface area contributed by atoms with Crippen molar-refractivity contribution in [1.29, 1.82) is 0 Å². The van der Waals surface area contributed by atoms with Crippen LogP contribution in [0.15, 0.2) is 54.6 Å². The second-order valence-electron chi connectivity index (χ2n) is 5.02. The zero-order valence-corrected chi connectivity index (χ0v) is 11.8. The molecule has 21 heavy (non-hydrogen) atoms. The van der Waals surface area contributed by atoms with Crippen LogP contribution in [0.4, 0.5) is 4.39 Å². The Balaban J connectivity index is 2.02. The fourth-order valence-electron chi connectivity index (χ4n) is 2.28. The Bertz CT molecular complexity index is 547. The summed E-state index contributed by atoms with van der Waals surface area (Å²) in [4.78, 5) is 1.95. The molecule has 0 fully saturated rings. The number of hydrogen-bond acceptors (Lipinski definition) is 3. The Morgan fingerprint density at radius 2 is 1.81 bits per heavy atom. The third-order valence-electron chi connectivity index (χ3n) is 3.33. The van der Waals surface area contributed by atoms with Crippen molar-refractivity contribution in [2.24, 2.45) is 0 Å². The van der Waals surface area contributed by atoms with Crippen LogP contribution < -0.4 is 0 Å². The highest BCUT2D eigenvalue weighted by atomic mass is 19.1. The van der Waals surface area contributed by atoms with Crippen molar-refractivity contribution >= 4 is 0 Å². The van der Waals surface area contributed by atoms with Gasteiger partial charge in [0.15, 0.2) is 0 Å². The van der Waals surface area contributed by atoms with Crippen molar-refractivity contribution in [2.75, 3.05) is 19.7 Å². The quantitative estimate of drug-likeness (QED) is 0.822. The first-order valence-corrected chi connectivity index (χ1v) is 6.99. The molecule has 3 nitrogen and oxygen atoms in total. The highest BCUT2D eigenvalue weighted by Gasteiger charge is 2.14. The minimum atomic E-state index is -0.782. The van der Waals surface area contributed by atoms with Gasteiger partial charge >= 0.3 is 0 Å². The van der Waals surface area contributed by atoms with Crippen LogP contribution in [0, 0.1) is 5.82 Å². The Kier molecular flexibility index (Phi) is 5.87. The summed E-state index contributed by atoms with van der Waals surface area (Å²) in [6.07, 6.45) is -0.782. The van der Waals surface area contributed by atoms with Gasteiger partial charge in [-0.25, -0.2) is 4.39 Å². The van der Waals surface area contributed by atoms with E-state index in [9.17, 15) is 9.50 Å². The molecule has 2 rings (SSSR count). The Hall–Kier alpha value is -1.75. The van der Waals surface area contributed by atoms with Crippen LogP contribution in [0.2, 0.25) is 0 Å². The van der Waals surface area contributed by atoms with E-state index in [1.165, 1.54) is 12.1 Å². The first-order valence-electron chi connectivity index (χ1n) is 6.99. The van der Waals surface area contributed by atoms with Crippen molar-refractivity contribution < 1.29 is 14.6 Å². The molecule has 0 bridgehead atoms. The van der Waals surface area contributed by atoms with E-state index in [1.54, 1.807) is 12.1 Å². The lowest BCUT2D eigenvalue weighted by atomic mass is 10.1. The lowest BCUT2D eigenvalue weighted by Gasteiger charge is -2.24. The molecule has 0 saturated heterocycles. The van der Waals surface area contributed by atoms with E-state index in [0.29, 0.717) is 25.2 Å². The first-order chi connectivity index (χ1) is 10.2. The van der Waals surface area contributed by atoms with Gasteiger partial charge in [0.25, 0.3) is 0 Å². The van der Waals surface area contributed by atoms with E-state index in [-0.39, 0.29) is 12.4 Å². The van der Waals surface area contributed by atoms with Crippen LogP contribution in [0.5, 0.6) is 0 Å². The zero-order valence-electron chi connectivity index (χ0n) is 11.8. The van der Waals surface area contributed by atoms with E-state index in [1.807, 2.05) is 35.2 Å². The molecule has 1 atom stereocenters. The van der Waals surface area contributed by atoms with Crippen molar-refractivity contribution in [2.45, 2.75) is 12.6 Å². The molecule has 0 heterocycles. The molecule has 2 aromatic rings. The van der Waals surface area contributed by atoms with E-state index < -0.39 is 6.10 Å². The predicted octanol–water partition coefficient (Wildman–Crippen LogP) is 2.35. The zero-order chi connectivity index (χ0) is 15.1. The molecule has 112 valence electrons. The van der Waals surface area contributed by atoms with Crippen LogP contribution in [0.25, 0.3) is 0 Å². The Morgan fingerprint density at radius 1 is 1.05 bits per heavy atom. The molecule has 0 amide bonds. The number of aliphatic hydroxyl groups is 2. The van der Waals surface area contributed by atoms with Crippen molar-refractivity contribution in [3.63, 3.8) is 0 Å². The SMILES string of the molecule is OCCN(Cc1ccccc1)CC(O)c1cccc(F)c1. The maximum Gasteiger partial charge on any atom is 0.123 e. The summed E-state index contributed by atoms with van der Waals surface area (Å²) in [5, 5.41) is 19.4. The topological polar surface area (TPSA) is 43.7 Å². The largest absolute Gasteiger partial charge is 0.395 e. The molecule has 0 spiro atoms. The van der Waals surface area contributed by atoms with E-state index in [2.05, 4.69) is 0 Å². The van der Waals surface area contributed by atoms with Gasteiger partial charge in [0.05, 0.1) is 12.7 Å². The second-order valence-corrected chi connectivity index (χ2v) is 5.02. The molecule has 4 heteroatoms. The van der Waals surface area contributed by atoms with Crippen LogP contribution in [-0.2, 0) is 6.54 Å². The summed E-state index contributed by atoms with van der Waals surface area (Å²) in [6, 6.07) is 15.8. The third-order valence-corrected chi connectivity index (χ3v) is 3.33. The Morgan fingerprint density at radius 3 is 2.48 bits per heavy atom. The fraction of sp³-hybridized carbons (Fsp3) is 0.294. The summed E-state index contributed by atoms with van der Waals surface area (Å²) in [5.74, 6) is -0.358. The maximum atomic E-state index is 13.2. The van der Waals surface area contributed by atoms with Gasteiger partial charge in [-0.2, -0.15) is 0 Å². The molecule has 0 radical (unpaired) electrons. The van der Waals surface area contributed by atoms with Crippen molar-refractivity contribution in [1.82, 2.24) is 4.90 Å². The molecular weight excluding hydrogens is 269 g/mol. The minimum Gasteiger partial charge on any atom is -0.395 e. The number of rotatable bonds is 7. The molecule has 0 aromatic heterocycles. The van der Waals surface area contributed by atoms with Gasteiger partial charge < -0.3 is 10.2 Å². The van der Waals surface area contributed by atoms with Crippen LogP contribution >= 0.6 is 0 Å². The smallest absolute Gasteiger partial charge is 0.123 e. The normalized spacial score (nSPS) is 12.6. The predicted molar refractivity (Wildman–Crippen MR) is 80.2 cm³/mol. The first kappa shape index (κ1) is 15.6. The highest BCUT2D eigenvalue weighted by molar-refractivity contribution is 5.19. The molecule has 1 unspecified atom stereocenters. The summed E-state index contributed by atoms with van der Waals surface area (Å²) in [6.45, 7) is 1.46. The monoisotopic (exact) mass is 289 g/mol. The van der Waals surface area contributed by atoms with Gasteiger partial charge in [0.1, 0.15) is 5.82 Å². The van der Waals surface area contributed by atoms with Gasteiger partial charge in [-0.05, 0) is 23.3 Å². The van der Waals surface area contributed by atoms with Crippen LogP contribution in [-0.4, -0.2) is 34.8 Å². The standard InChI is InChI=1S/C17H20FNO2/c18-16-8-4-7-15(11-16)17(21)13-19(9-10-20)12-14-5-2-1-3-6-14/h1-8,11,17,20-21H,9-10,12-13H2.